The highest BCUT2D eigenvalue weighted by molar-refractivity contribution is 7.99. The Balaban J connectivity index is 1.21. The lowest BCUT2D eigenvalue weighted by atomic mass is 10.1. The third-order valence-electron chi connectivity index (χ3n) is 7.01. The van der Waals surface area contributed by atoms with E-state index in [1.54, 1.807) is 23.1 Å². The van der Waals surface area contributed by atoms with Crippen molar-refractivity contribution in [2.45, 2.75) is 42.9 Å². The molecule has 2 aromatic heterocycles. The largest absolute Gasteiger partial charge is 0.339 e. The quantitative estimate of drug-likeness (QED) is 0.264. The molecule has 1 amide bonds. The number of amides is 1. The van der Waals surface area contributed by atoms with Gasteiger partial charge in [0, 0.05) is 35.0 Å². The van der Waals surface area contributed by atoms with E-state index in [1.165, 1.54) is 26.1 Å². The molecule has 0 unspecified atom stereocenters. The fourth-order valence-corrected chi connectivity index (χ4v) is 7.55. The summed E-state index contributed by atoms with van der Waals surface area (Å²) in [6, 6.07) is 27.2. The molecule has 1 saturated heterocycles. The molecule has 3 aromatic carbocycles. The van der Waals surface area contributed by atoms with Crippen molar-refractivity contribution in [2.75, 3.05) is 13.6 Å². The van der Waals surface area contributed by atoms with Crippen LogP contribution in [0.1, 0.15) is 22.4 Å². The van der Waals surface area contributed by atoms with Crippen LogP contribution in [0.25, 0.3) is 21.1 Å². The molecule has 5 aromatic rings. The van der Waals surface area contributed by atoms with Crippen molar-refractivity contribution in [3.8, 4) is 0 Å². The van der Waals surface area contributed by atoms with Crippen molar-refractivity contribution in [1.29, 1.82) is 0 Å². The molecule has 1 aliphatic heterocycles. The van der Waals surface area contributed by atoms with Gasteiger partial charge in [-0.3, -0.25) is 9.69 Å². The molecule has 0 radical (unpaired) electrons. The second kappa shape index (κ2) is 10.3. The molecule has 1 aliphatic rings. The number of carbonyl (C=O) groups excluding carboxylic acids is 1. The maximum absolute atomic E-state index is 13.8. The maximum atomic E-state index is 13.8. The number of hydrogen-bond acceptors (Lipinski definition) is 5. The minimum Gasteiger partial charge on any atom is -0.339 e. The van der Waals surface area contributed by atoms with E-state index in [0.29, 0.717) is 6.54 Å². The first-order chi connectivity index (χ1) is 18.0. The van der Waals surface area contributed by atoms with Gasteiger partial charge in [0.1, 0.15) is 0 Å². The van der Waals surface area contributed by atoms with Gasteiger partial charge in [0.25, 0.3) is 0 Å². The van der Waals surface area contributed by atoms with Crippen LogP contribution in [0, 0.1) is 6.92 Å². The Morgan fingerprint density at radius 3 is 2.78 bits per heavy atom. The average molecular weight is 527 g/mol. The van der Waals surface area contributed by atoms with E-state index in [1.807, 2.05) is 30.1 Å². The molecule has 3 heterocycles. The van der Waals surface area contributed by atoms with Crippen molar-refractivity contribution in [2.24, 2.45) is 0 Å². The van der Waals surface area contributed by atoms with Gasteiger partial charge in [-0.15, -0.1) is 11.3 Å². The van der Waals surface area contributed by atoms with Crippen molar-refractivity contribution < 1.29 is 4.79 Å². The summed E-state index contributed by atoms with van der Waals surface area (Å²) in [5.74, 6) is 0.192. The molecule has 0 spiro atoms. The summed E-state index contributed by atoms with van der Waals surface area (Å²) in [5, 5.41) is 2.46. The Morgan fingerprint density at radius 2 is 1.95 bits per heavy atom. The van der Waals surface area contributed by atoms with Gasteiger partial charge < -0.3 is 9.88 Å². The van der Waals surface area contributed by atoms with Crippen LogP contribution >= 0.6 is 23.1 Å². The molecular formula is C30H30N4OS2. The Labute approximate surface area is 225 Å². The lowest BCUT2D eigenvalue weighted by Gasteiger charge is -2.27. The second-order valence-corrected chi connectivity index (χ2v) is 12.4. The molecule has 1 N–H and O–H groups in total. The molecule has 5 nitrogen and oxygen atoms in total. The number of imidazole rings is 1. The Bertz CT molecular complexity index is 1490. The number of likely N-dealkylation sites (tertiary alicyclic amines) is 1. The molecule has 37 heavy (non-hydrogen) atoms. The summed E-state index contributed by atoms with van der Waals surface area (Å²) in [4.78, 5) is 27.5. The van der Waals surface area contributed by atoms with Gasteiger partial charge in [-0.1, -0.05) is 71.9 Å². The first kappa shape index (κ1) is 24.2. The summed E-state index contributed by atoms with van der Waals surface area (Å²) < 4.78 is 1.27. The lowest BCUT2D eigenvalue weighted by Crippen LogP contribution is -2.43. The number of hydrogen-bond donors (Lipinski definition) is 1. The predicted molar refractivity (Wildman–Crippen MR) is 154 cm³/mol. The molecule has 1 fully saturated rings. The third kappa shape index (κ3) is 5.30. The highest BCUT2D eigenvalue weighted by Gasteiger charge is 2.39. The molecule has 2 atom stereocenters. The SMILES string of the molecule is Cc1cccc(CN2C[C@H](Sc3nc4ccccc4[nH]3)C[C@H]2C(=O)N(C)Cc2cc3ccccc3s2)c1. The monoisotopic (exact) mass is 526 g/mol. The zero-order valence-corrected chi connectivity index (χ0v) is 22.7. The number of fused-ring (bicyclic) bond motifs is 2. The fraction of sp³-hybridized carbons (Fsp3) is 0.267. The van der Waals surface area contributed by atoms with Gasteiger partial charge in [-0.25, -0.2) is 4.98 Å². The van der Waals surface area contributed by atoms with E-state index >= 15 is 0 Å². The molecular weight excluding hydrogens is 496 g/mol. The Kier molecular flexibility index (Phi) is 6.76. The molecule has 7 heteroatoms. The number of para-hydroxylation sites is 2. The number of carbonyl (C=O) groups is 1. The molecule has 0 aliphatic carbocycles. The molecule has 6 rings (SSSR count). The number of aromatic nitrogens is 2. The predicted octanol–water partition coefficient (Wildman–Crippen LogP) is 6.48. The van der Waals surface area contributed by atoms with Gasteiger partial charge in [-0.05, 0) is 48.6 Å². The fourth-order valence-electron chi connectivity index (χ4n) is 5.25. The lowest BCUT2D eigenvalue weighted by molar-refractivity contribution is -0.135. The number of aryl methyl sites for hydroxylation is 1. The zero-order chi connectivity index (χ0) is 25.4. The standard InChI is InChI=1S/C30H30N4OS2/c1-20-8-7-9-21(14-20)17-34-19-24(37-30-31-25-11-4-5-12-26(25)32-30)16-27(34)29(35)33(2)18-23-15-22-10-3-6-13-28(22)36-23/h3-15,24,27H,16-19H2,1-2H3,(H,31,32)/t24-,27+/m1/s1. The van der Waals surface area contributed by atoms with Gasteiger partial charge in [-0.2, -0.15) is 0 Å². The van der Waals surface area contributed by atoms with Crippen molar-refractivity contribution in [1.82, 2.24) is 19.8 Å². The average Bonchev–Trinajstić information content (AvgIpc) is 3.59. The van der Waals surface area contributed by atoms with Gasteiger partial charge in [0.2, 0.25) is 5.91 Å². The van der Waals surface area contributed by atoms with Crippen molar-refractivity contribution >= 4 is 50.1 Å². The van der Waals surface area contributed by atoms with Gasteiger partial charge in [0.05, 0.1) is 23.6 Å². The van der Waals surface area contributed by atoms with E-state index in [2.05, 4.69) is 77.5 Å². The number of aromatic amines is 1. The summed E-state index contributed by atoms with van der Waals surface area (Å²) in [6.45, 7) is 4.37. The van der Waals surface area contributed by atoms with Crippen LogP contribution in [0.5, 0.6) is 0 Å². The normalized spacial score (nSPS) is 18.1. The number of nitrogens with zero attached hydrogens (tertiary/aromatic N) is 3. The first-order valence-electron chi connectivity index (χ1n) is 12.7. The number of rotatable bonds is 7. The van der Waals surface area contributed by atoms with E-state index < -0.39 is 0 Å². The van der Waals surface area contributed by atoms with E-state index in [0.717, 1.165) is 35.7 Å². The summed E-state index contributed by atoms with van der Waals surface area (Å²) in [6.07, 6.45) is 0.809. The van der Waals surface area contributed by atoms with Crippen LogP contribution in [0.4, 0.5) is 0 Å². The van der Waals surface area contributed by atoms with E-state index in [-0.39, 0.29) is 17.2 Å². The summed E-state index contributed by atoms with van der Waals surface area (Å²) in [5.41, 5.74) is 4.53. The summed E-state index contributed by atoms with van der Waals surface area (Å²) in [7, 11) is 1.94. The number of thioether (sulfide) groups is 1. The van der Waals surface area contributed by atoms with Crippen LogP contribution in [0.15, 0.2) is 84.0 Å². The molecule has 0 bridgehead atoms. The molecule has 0 saturated carbocycles. The van der Waals surface area contributed by atoms with Crippen LogP contribution in [-0.4, -0.2) is 50.6 Å². The smallest absolute Gasteiger partial charge is 0.240 e. The topological polar surface area (TPSA) is 52.2 Å². The minimum atomic E-state index is -0.151. The number of nitrogens with one attached hydrogen (secondary N) is 1. The van der Waals surface area contributed by atoms with Crippen molar-refractivity contribution in [3.63, 3.8) is 0 Å². The second-order valence-electron chi connectivity index (χ2n) is 9.91. The summed E-state index contributed by atoms with van der Waals surface area (Å²) >= 11 is 3.53. The maximum Gasteiger partial charge on any atom is 0.240 e. The first-order valence-corrected chi connectivity index (χ1v) is 14.3. The van der Waals surface area contributed by atoms with E-state index in [9.17, 15) is 4.79 Å². The Morgan fingerprint density at radius 1 is 1.11 bits per heavy atom. The van der Waals surface area contributed by atoms with Crippen molar-refractivity contribution in [3.05, 3.63) is 94.9 Å². The highest BCUT2D eigenvalue weighted by Crippen LogP contribution is 2.34. The minimum absolute atomic E-state index is 0.151. The highest BCUT2D eigenvalue weighted by atomic mass is 32.2. The third-order valence-corrected chi connectivity index (χ3v) is 9.20. The van der Waals surface area contributed by atoms with Crippen LogP contribution < -0.4 is 0 Å². The number of H-pyrrole nitrogens is 1. The zero-order valence-electron chi connectivity index (χ0n) is 21.1. The van der Waals surface area contributed by atoms with Gasteiger partial charge in [0.15, 0.2) is 5.16 Å². The van der Waals surface area contributed by atoms with Gasteiger partial charge >= 0.3 is 0 Å². The number of benzene rings is 3. The van der Waals surface area contributed by atoms with Crippen LogP contribution in [-0.2, 0) is 17.9 Å². The van der Waals surface area contributed by atoms with Crippen LogP contribution in [0.2, 0.25) is 0 Å². The number of thiophene rings is 1. The van der Waals surface area contributed by atoms with E-state index in [4.69, 9.17) is 4.98 Å². The van der Waals surface area contributed by atoms with Crippen LogP contribution in [0.3, 0.4) is 0 Å². The molecule has 188 valence electrons. The Hall–Kier alpha value is -3.13. The number of likely N-dealkylation sites (N-methyl/N-ethyl adjacent to an activating group) is 1.